The first-order valence-corrected chi connectivity index (χ1v) is 11.9. The van der Waals surface area contributed by atoms with Gasteiger partial charge in [-0.05, 0) is 48.9 Å². The van der Waals surface area contributed by atoms with Gasteiger partial charge in [0.15, 0.2) is 0 Å². The van der Waals surface area contributed by atoms with Crippen LogP contribution in [0.4, 0.5) is 4.79 Å². The van der Waals surface area contributed by atoms with Crippen LogP contribution in [0.5, 0.6) is 0 Å². The molecule has 35 heavy (non-hydrogen) atoms. The molecule has 182 valence electrons. The number of carbonyl (C=O) groups is 3. The molecule has 1 saturated heterocycles. The van der Waals surface area contributed by atoms with Gasteiger partial charge in [-0.3, -0.25) is 9.59 Å². The van der Waals surface area contributed by atoms with Gasteiger partial charge in [0, 0.05) is 25.4 Å². The topological polar surface area (TPSA) is 95.9 Å². The van der Waals surface area contributed by atoms with E-state index >= 15 is 0 Å². The van der Waals surface area contributed by atoms with E-state index in [0.717, 1.165) is 22.3 Å². The Morgan fingerprint density at radius 2 is 1.66 bits per heavy atom. The maximum atomic E-state index is 13.1. The van der Waals surface area contributed by atoms with E-state index in [9.17, 15) is 19.5 Å². The molecule has 1 fully saturated rings. The maximum Gasteiger partial charge on any atom is 0.407 e. The summed E-state index contributed by atoms with van der Waals surface area (Å²) in [7, 11) is 0. The van der Waals surface area contributed by atoms with E-state index in [0.29, 0.717) is 25.9 Å². The van der Waals surface area contributed by atoms with E-state index in [1.807, 2.05) is 36.4 Å². The van der Waals surface area contributed by atoms with Crippen LogP contribution in [0.25, 0.3) is 11.1 Å². The van der Waals surface area contributed by atoms with Crippen molar-refractivity contribution in [2.75, 3.05) is 19.7 Å². The van der Waals surface area contributed by atoms with E-state index in [-0.39, 0.29) is 24.9 Å². The highest BCUT2D eigenvalue weighted by molar-refractivity contribution is 5.86. The molecule has 7 nitrogen and oxygen atoms in total. The van der Waals surface area contributed by atoms with E-state index in [2.05, 4.69) is 29.3 Å². The van der Waals surface area contributed by atoms with Crippen molar-refractivity contribution in [2.24, 2.45) is 5.41 Å². The SMILES string of the molecule is CC#CCC(NC(=O)OCC1c2ccccc2-c2ccccc21)C(=O)N1CCC(C)(C(=O)O)CC1. The Kier molecular flexibility index (Phi) is 7.11. The maximum absolute atomic E-state index is 13.1. The Bertz CT molecular complexity index is 1140. The van der Waals surface area contributed by atoms with E-state index in [4.69, 9.17) is 4.74 Å². The average molecular weight is 475 g/mol. The number of ether oxygens (including phenoxy) is 1. The van der Waals surface area contributed by atoms with Crippen LogP contribution >= 0.6 is 0 Å². The Morgan fingerprint density at radius 1 is 1.09 bits per heavy atom. The Morgan fingerprint density at radius 3 is 2.20 bits per heavy atom. The Hall–Kier alpha value is -3.79. The normalized spacial score (nSPS) is 16.8. The molecule has 1 aliphatic carbocycles. The highest BCUT2D eigenvalue weighted by Gasteiger charge is 2.39. The van der Waals surface area contributed by atoms with Crippen LogP contribution in [0.3, 0.4) is 0 Å². The summed E-state index contributed by atoms with van der Waals surface area (Å²) in [6.07, 6.45) is 0.221. The number of likely N-dealkylation sites (tertiary alicyclic amines) is 1. The standard InChI is InChI=1S/C28H30N2O5/c1-3-4-13-24(25(31)30-16-14-28(2,15-17-30)26(32)33)29-27(34)35-18-23-21-11-7-5-9-19(21)20-10-6-8-12-22(20)23/h5-12,23-24H,13-18H2,1-2H3,(H,29,34)(H,32,33). The van der Waals surface area contributed by atoms with Gasteiger partial charge >= 0.3 is 12.1 Å². The van der Waals surface area contributed by atoms with Crippen LogP contribution < -0.4 is 5.32 Å². The number of piperidine rings is 1. The number of amides is 2. The number of hydrogen-bond donors (Lipinski definition) is 2. The smallest absolute Gasteiger partial charge is 0.407 e. The molecule has 4 rings (SSSR count). The fraction of sp³-hybridized carbons (Fsp3) is 0.393. The zero-order valence-corrected chi connectivity index (χ0v) is 20.0. The molecule has 0 spiro atoms. The molecule has 0 saturated carbocycles. The monoisotopic (exact) mass is 474 g/mol. The number of fused-ring (bicyclic) bond motifs is 3. The lowest BCUT2D eigenvalue weighted by Gasteiger charge is -2.37. The molecule has 2 aliphatic rings. The van der Waals surface area contributed by atoms with Gasteiger partial charge < -0.3 is 20.1 Å². The summed E-state index contributed by atoms with van der Waals surface area (Å²) < 4.78 is 5.61. The number of nitrogens with zero attached hydrogens (tertiary/aromatic N) is 1. The lowest BCUT2D eigenvalue weighted by molar-refractivity contribution is -0.153. The van der Waals surface area contributed by atoms with Crippen molar-refractivity contribution in [3.05, 3.63) is 59.7 Å². The molecule has 0 aromatic heterocycles. The van der Waals surface area contributed by atoms with Gasteiger partial charge in [-0.1, -0.05) is 48.5 Å². The molecule has 1 heterocycles. The van der Waals surface area contributed by atoms with Gasteiger partial charge in [-0.2, -0.15) is 0 Å². The number of carbonyl (C=O) groups excluding carboxylic acids is 2. The van der Waals surface area contributed by atoms with Crippen molar-refractivity contribution < 1.29 is 24.2 Å². The molecular weight excluding hydrogens is 444 g/mol. The quantitative estimate of drug-likeness (QED) is 0.617. The van der Waals surface area contributed by atoms with E-state index in [1.165, 1.54) is 0 Å². The van der Waals surface area contributed by atoms with Crippen molar-refractivity contribution in [3.63, 3.8) is 0 Å². The predicted octanol–water partition coefficient (Wildman–Crippen LogP) is 4.02. The van der Waals surface area contributed by atoms with E-state index < -0.39 is 23.5 Å². The summed E-state index contributed by atoms with van der Waals surface area (Å²) >= 11 is 0. The molecule has 1 unspecified atom stereocenters. The van der Waals surface area contributed by atoms with Gasteiger partial charge in [0.05, 0.1) is 5.41 Å². The van der Waals surface area contributed by atoms with Gasteiger partial charge in [0.2, 0.25) is 5.91 Å². The highest BCUT2D eigenvalue weighted by Crippen LogP contribution is 2.44. The molecule has 1 aliphatic heterocycles. The van der Waals surface area contributed by atoms with Gasteiger partial charge in [0.25, 0.3) is 0 Å². The van der Waals surface area contributed by atoms with Crippen LogP contribution in [0, 0.1) is 17.3 Å². The van der Waals surface area contributed by atoms with Crippen LogP contribution in [0.1, 0.15) is 50.2 Å². The Balaban J connectivity index is 1.40. The fourth-order valence-electron chi connectivity index (χ4n) is 4.84. The molecule has 2 amide bonds. The second kappa shape index (κ2) is 10.2. The minimum atomic E-state index is -0.854. The molecule has 2 N–H and O–H groups in total. The van der Waals surface area contributed by atoms with Crippen molar-refractivity contribution >= 4 is 18.0 Å². The van der Waals surface area contributed by atoms with Crippen molar-refractivity contribution in [1.29, 1.82) is 0 Å². The third-order valence-electron chi connectivity index (χ3n) is 7.11. The second-order valence-electron chi connectivity index (χ2n) is 9.34. The summed E-state index contributed by atoms with van der Waals surface area (Å²) in [4.78, 5) is 39.0. The summed E-state index contributed by atoms with van der Waals surface area (Å²) in [5.41, 5.74) is 3.67. The summed E-state index contributed by atoms with van der Waals surface area (Å²) in [5.74, 6) is 4.44. The molecule has 7 heteroatoms. The summed E-state index contributed by atoms with van der Waals surface area (Å²) in [6.45, 7) is 4.18. The Labute approximate surface area is 205 Å². The largest absolute Gasteiger partial charge is 0.481 e. The predicted molar refractivity (Wildman–Crippen MR) is 132 cm³/mol. The van der Waals surface area contributed by atoms with Crippen LogP contribution in [0.15, 0.2) is 48.5 Å². The van der Waals surface area contributed by atoms with Crippen molar-refractivity contribution in [2.45, 2.75) is 45.1 Å². The average Bonchev–Trinajstić information content (AvgIpc) is 3.19. The minimum absolute atomic E-state index is 0.0754. The lowest BCUT2D eigenvalue weighted by atomic mass is 9.80. The first-order chi connectivity index (χ1) is 16.8. The van der Waals surface area contributed by atoms with Crippen LogP contribution in [0.2, 0.25) is 0 Å². The van der Waals surface area contributed by atoms with Crippen molar-refractivity contribution in [3.8, 4) is 23.0 Å². The van der Waals surface area contributed by atoms with Crippen molar-refractivity contribution in [1.82, 2.24) is 10.2 Å². The highest BCUT2D eigenvalue weighted by atomic mass is 16.5. The third-order valence-corrected chi connectivity index (χ3v) is 7.11. The summed E-state index contributed by atoms with van der Waals surface area (Å²) in [6, 6.07) is 15.3. The number of hydrogen-bond acceptors (Lipinski definition) is 4. The zero-order chi connectivity index (χ0) is 25.0. The number of rotatable bonds is 6. The first-order valence-electron chi connectivity index (χ1n) is 11.9. The van der Waals surface area contributed by atoms with Gasteiger partial charge in [0.1, 0.15) is 12.6 Å². The summed E-state index contributed by atoms with van der Waals surface area (Å²) in [5, 5.41) is 12.1. The molecule has 2 aromatic carbocycles. The number of aliphatic carboxylic acids is 1. The van der Waals surface area contributed by atoms with Gasteiger partial charge in [-0.15, -0.1) is 11.8 Å². The fourth-order valence-corrected chi connectivity index (χ4v) is 4.84. The number of alkyl carbamates (subject to hydrolysis) is 1. The number of benzene rings is 2. The number of carboxylic acids is 1. The molecule has 1 atom stereocenters. The zero-order valence-electron chi connectivity index (χ0n) is 20.0. The minimum Gasteiger partial charge on any atom is -0.481 e. The molecular formula is C28H30N2O5. The second-order valence-corrected chi connectivity index (χ2v) is 9.34. The van der Waals surface area contributed by atoms with E-state index in [1.54, 1.807) is 18.7 Å². The number of carboxylic acid groups (broad SMARTS) is 1. The molecule has 2 aromatic rings. The lowest BCUT2D eigenvalue weighted by Crippen LogP contribution is -2.52. The molecule has 0 bridgehead atoms. The third kappa shape index (κ3) is 5.02. The van der Waals surface area contributed by atoms with Crippen LogP contribution in [-0.2, 0) is 14.3 Å². The van der Waals surface area contributed by atoms with Gasteiger partial charge in [-0.25, -0.2) is 4.79 Å². The first kappa shape index (κ1) is 24.3. The van der Waals surface area contributed by atoms with Crippen LogP contribution in [-0.4, -0.2) is 53.7 Å². The number of nitrogens with one attached hydrogen (secondary N) is 1. The molecule has 0 radical (unpaired) electrons.